The molecule has 0 saturated heterocycles. The summed E-state index contributed by atoms with van der Waals surface area (Å²) < 4.78 is 3.43. The number of hydrogen-bond donors (Lipinski definition) is 2. The summed E-state index contributed by atoms with van der Waals surface area (Å²) in [5.41, 5.74) is 4.61. The lowest BCUT2D eigenvalue weighted by atomic mass is 10.1. The van der Waals surface area contributed by atoms with Crippen LogP contribution in [0.25, 0.3) is 31.2 Å². The Morgan fingerprint density at radius 3 is 2.70 bits per heavy atom. The van der Waals surface area contributed by atoms with Gasteiger partial charge in [0.2, 0.25) is 0 Å². The molecule has 0 unspecified atom stereocenters. The predicted octanol–water partition coefficient (Wildman–Crippen LogP) is 6.13. The number of thiophene rings is 1. The maximum absolute atomic E-state index is 9.26. The van der Waals surface area contributed by atoms with Crippen molar-refractivity contribution < 1.29 is 5.11 Å². The number of fused-ring (bicyclic) bond motifs is 4. The molecule has 3 aromatic carbocycles. The third-order valence-corrected chi connectivity index (χ3v) is 7.03. The van der Waals surface area contributed by atoms with Gasteiger partial charge in [-0.3, -0.25) is 0 Å². The highest BCUT2D eigenvalue weighted by Gasteiger charge is 2.13. The fourth-order valence-electron chi connectivity index (χ4n) is 4.36. The Kier molecular flexibility index (Phi) is 5.02. The van der Waals surface area contributed by atoms with Crippen LogP contribution in [0.3, 0.4) is 0 Å². The highest BCUT2D eigenvalue weighted by molar-refractivity contribution is 7.25. The van der Waals surface area contributed by atoms with Gasteiger partial charge in [0.25, 0.3) is 0 Å². The van der Waals surface area contributed by atoms with Gasteiger partial charge in [0.15, 0.2) is 0 Å². The second-order valence-corrected chi connectivity index (χ2v) is 9.17. The van der Waals surface area contributed by atoms with E-state index in [0.29, 0.717) is 6.42 Å². The number of aliphatic hydroxyl groups is 1. The van der Waals surface area contributed by atoms with Gasteiger partial charge in [-0.25, -0.2) is 9.97 Å². The average molecular weight is 451 g/mol. The molecule has 5 nitrogen and oxygen atoms in total. The third kappa shape index (κ3) is 3.73. The molecule has 0 saturated carbocycles. The van der Waals surface area contributed by atoms with Crippen LogP contribution in [0.2, 0.25) is 0 Å². The number of rotatable bonds is 6. The molecule has 0 aliphatic heterocycles. The van der Waals surface area contributed by atoms with Crippen LogP contribution in [0, 0.1) is 0 Å². The van der Waals surface area contributed by atoms with Gasteiger partial charge in [0.1, 0.15) is 17.0 Å². The van der Waals surface area contributed by atoms with Crippen molar-refractivity contribution in [1.82, 2.24) is 14.5 Å². The van der Waals surface area contributed by atoms with Crippen LogP contribution >= 0.6 is 11.3 Å². The van der Waals surface area contributed by atoms with Gasteiger partial charge >= 0.3 is 0 Å². The van der Waals surface area contributed by atoms with Gasteiger partial charge in [-0.1, -0.05) is 42.5 Å². The topological polar surface area (TPSA) is 63.0 Å². The molecule has 162 valence electrons. The average Bonchev–Trinajstić information content (AvgIpc) is 3.41. The summed E-state index contributed by atoms with van der Waals surface area (Å²) in [7, 11) is 0. The Labute approximate surface area is 195 Å². The molecule has 33 heavy (non-hydrogen) atoms. The van der Waals surface area contributed by atoms with E-state index in [1.807, 2.05) is 6.07 Å². The highest BCUT2D eigenvalue weighted by atomic mass is 32.1. The number of anilines is 2. The molecule has 6 heteroatoms. The van der Waals surface area contributed by atoms with Crippen molar-refractivity contribution in [3.05, 3.63) is 96.4 Å². The molecule has 0 bridgehead atoms. The highest BCUT2D eigenvalue weighted by Crippen LogP contribution is 2.37. The summed E-state index contributed by atoms with van der Waals surface area (Å²) >= 11 is 1.66. The fraction of sp³-hybridized carbons (Fsp3) is 0.111. The van der Waals surface area contributed by atoms with Crippen LogP contribution in [0.5, 0.6) is 0 Å². The normalized spacial score (nSPS) is 11.5. The summed E-state index contributed by atoms with van der Waals surface area (Å²) in [6, 6.07) is 25.4. The Morgan fingerprint density at radius 2 is 1.82 bits per heavy atom. The van der Waals surface area contributed by atoms with Crippen LogP contribution in [0.1, 0.15) is 11.1 Å². The Balaban J connectivity index is 1.35. The zero-order valence-corrected chi connectivity index (χ0v) is 18.7. The summed E-state index contributed by atoms with van der Waals surface area (Å²) in [5, 5.41) is 16.1. The fourth-order valence-corrected chi connectivity index (χ4v) is 5.47. The summed E-state index contributed by atoms with van der Waals surface area (Å²) in [5.74, 6) is 0.809. The quantitative estimate of drug-likeness (QED) is 0.321. The molecule has 6 aromatic rings. The number of aromatic nitrogens is 3. The zero-order valence-electron chi connectivity index (χ0n) is 17.9. The third-order valence-electron chi connectivity index (χ3n) is 5.96. The van der Waals surface area contributed by atoms with Crippen molar-refractivity contribution in [1.29, 1.82) is 0 Å². The second kappa shape index (κ2) is 8.31. The van der Waals surface area contributed by atoms with Gasteiger partial charge in [-0.15, -0.1) is 11.3 Å². The Hall–Kier alpha value is -3.74. The van der Waals surface area contributed by atoms with Crippen molar-refractivity contribution in [3.8, 4) is 0 Å². The molecule has 2 N–H and O–H groups in total. The van der Waals surface area contributed by atoms with Crippen molar-refractivity contribution in [3.63, 3.8) is 0 Å². The molecule has 0 spiro atoms. The minimum atomic E-state index is 0.151. The standard InChI is InChI=1S/C27H22N4OS/c32-13-11-18-6-8-22-24(14-18)33-27-25(22)26(28-17-29-27)30-21-7-9-23-20(15-21)10-12-31(23)16-19-4-2-1-3-5-19/h1-10,12,14-15,17,32H,11,13,16H2,(H,28,29,30). The summed E-state index contributed by atoms with van der Waals surface area (Å²) in [6.07, 6.45) is 4.41. The van der Waals surface area contributed by atoms with Gasteiger partial charge in [-0.2, -0.15) is 0 Å². The van der Waals surface area contributed by atoms with E-state index in [0.717, 1.165) is 43.9 Å². The van der Waals surface area contributed by atoms with E-state index >= 15 is 0 Å². The monoisotopic (exact) mass is 450 g/mol. The van der Waals surface area contributed by atoms with Gasteiger partial charge in [0.05, 0.1) is 5.39 Å². The number of benzene rings is 3. The molecule has 3 aromatic heterocycles. The zero-order chi connectivity index (χ0) is 22.2. The van der Waals surface area contributed by atoms with Crippen LogP contribution in [0.15, 0.2) is 85.3 Å². The lowest BCUT2D eigenvalue weighted by molar-refractivity contribution is 0.299. The Morgan fingerprint density at radius 1 is 0.909 bits per heavy atom. The largest absolute Gasteiger partial charge is 0.396 e. The van der Waals surface area contributed by atoms with Crippen molar-refractivity contribution in [2.45, 2.75) is 13.0 Å². The maximum atomic E-state index is 9.26. The van der Waals surface area contributed by atoms with E-state index in [2.05, 4.69) is 92.8 Å². The first-order chi connectivity index (χ1) is 16.3. The van der Waals surface area contributed by atoms with E-state index in [1.165, 1.54) is 16.5 Å². The molecule has 0 radical (unpaired) electrons. The SMILES string of the molecule is OCCc1ccc2c(c1)sc1ncnc(Nc3ccc4c(ccn4Cc4ccccc4)c3)c12. The molecule has 0 amide bonds. The van der Waals surface area contributed by atoms with E-state index < -0.39 is 0 Å². The molecular formula is C27H22N4OS. The van der Waals surface area contributed by atoms with Crippen molar-refractivity contribution in [2.75, 3.05) is 11.9 Å². The molecular weight excluding hydrogens is 428 g/mol. The minimum Gasteiger partial charge on any atom is -0.396 e. The molecule has 0 atom stereocenters. The van der Waals surface area contributed by atoms with Crippen molar-refractivity contribution >= 4 is 54.0 Å². The van der Waals surface area contributed by atoms with Crippen LogP contribution in [-0.4, -0.2) is 26.2 Å². The summed E-state index contributed by atoms with van der Waals surface area (Å²) in [6.45, 7) is 1.00. The van der Waals surface area contributed by atoms with Crippen molar-refractivity contribution in [2.24, 2.45) is 0 Å². The van der Waals surface area contributed by atoms with Gasteiger partial charge in [-0.05, 0) is 47.9 Å². The van der Waals surface area contributed by atoms with Crippen LogP contribution < -0.4 is 5.32 Å². The number of nitrogens with zero attached hydrogens (tertiary/aromatic N) is 3. The van der Waals surface area contributed by atoms with E-state index in [4.69, 9.17) is 0 Å². The predicted molar refractivity (Wildman–Crippen MR) is 136 cm³/mol. The van der Waals surface area contributed by atoms with E-state index in [9.17, 15) is 5.11 Å². The van der Waals surface area contributed by atoms with Gasteiger partial charge in [0, 0.05) is 46.0 Å². The van der Waals surface area contributed by atoms with Crippen LogP contribution in [0.4, 0.5) is 11.5 Å². The molecule has 0 aliphatic carbocycles. The summed E-state index contributed by atoms with van der Waals surface area (Å²) in [4.78, 5) is 10.0. The number of hydrogen-bond acceptors (Lipinski definition) is 5. The first-order valence-electron chi connectivity index (χ1n) is 11.0. The number of aliphatic hydroxyl groups excluding tert-OH is 1. The van der Waals surface area contributed by atoms with E-state index in [-0.39, 0.29) is 6.61 Å². The van der Waals surface area contributed by atoms with E-state index in [1.54, 1.807) is 17.7 Å². The maximum Gasteiger partial charge on any atom is 0.143 e. The van der Waals surface area contributed by atoms with Crippen LogP contribution in [-0.2, 0) is 13.0 Å². The molecule has 6 rings (SSSR count). The molecule has 3 heterocycles. The van der Waals surface area contributed by atoms with Gasteiger partial charge < -0.3 is 15.0 Å². The first-order valence-corrected chi connectivity index (χ1v) is 11.8. The first kappa shape index (κ1) is 19.9. The lowest BCUT2D eigenvalue weighted by Gasteiger charge is -2.09. The smallest absolute Gasteiger partial charge is 0.143 e. The molecule has 0 fully saturated rings. The second-order valence-electron chi connectivity index (χ2n) is 8.14. The lowest BCUT2D eigenvalue weighted by Crippen LogP contribution is -1.98. The minimum absolute atomic E-state index is 0.151. The Bertz CT molecular complexity index is 1590. The number of nitrogens with one attached hydrogen (secondary N) is 1. The molecule has 0 aliphatic rings.